The molecule has 0 aliphatic carbocycles. The summed E-state index contributed by atoms with van der Waals surface area (Å²) < 4.78 is 0. The molecule has 0 amide bonds. The van der Waals surface area contributed by atoms with Crippen LogP contribution in [0.1, 0.15) is 53.4 Å². The summed E-state index contributed by atoms with van der Waals surface area (Å²) in [5.41, 5.74) is -0.672. The summed E-state index contributed by atoms with van der Waals surface area (Å²) in [6.07, 6.45) is 3.58. The van der Waals surface area contributed by atoms with E-state index >= 15 is 0 Å². The summed E-state index contributed by atoms with van der Waals surface area (Å²) in [5.74, 6) is 0.814. The molecule has 0 aromatic heterocycles. The van der Waals surface area contributed by atoms with Crippen molar-refractivity contribution < 1.29 is 5.11 Å². The predicted molar refractivity (Wildman–Crippen MR) is 123 cm³/mol. The van der Waals surface area contributed by atoms with E-state index in [1.165, 1.54) is 0 Å². The fraction of sp³-hybridized carbons (Fsp3) is 0.947. The van der Waals surface area contributed by atoms with E-state index in [4.69, 9.17) is 0 Å². The van der Waals surface area contributed by atoms with Crippen molar-refractivity contribution in [2.45, 2.75) is 65.0 Å². The zero-order chi connectivity index (χ0) is 18.7. The number of guanidine groups is 1. The van der Waals surface area contributed by atoms with Crippen molar-refractivity contribution in [2.24, 2.45) is 4.99 Å². The molecule has 156 valence electrons. The quantitative estimate of drug-likeness (QED) is 0.253. The molecule has 0 radical (unpaired) electrons. The first kappa shape index (κ1) is 25.9. The van der Waals surface area contributed by atoms with Gasteiger partial charge in [0.05, 0.1) is 12.1 Å². The topological polar surface area (TPSA) is 63.1 Å². The average molecular weight is 483 g/mol. The van der Waals surface area contributed by atoms with Gasteiger partial charge in [0, 0.05) is 45.3 Å². The molecule has 0 spiro atoms. The fourth-order valence-electron chi connectivity index (χ4n) is 3.42. The molecular weight excluding hydrogens is 441 g/mol. The molecule has 0 aromatic rings. The maximum absolute atomic E-state index is 10.8. The number of nitrogens with zero attached hydrogens (tertiary/aromatic N) is 3. The van der Waals surface area contributed by atoms with E-state index < -0.39 is 5.60 Å². The first-order valence-electron chi connectivity index (χ1n) is 10.1. The molecule has 1 atom stereocenters. The van der Waals surface area contributed by atoms with Gasteiger partial charge in [0.15, 0.2) is 5.96 Å². The van der Waals surface area contributed by atoms with Crippen LogP contribution in [0.15, 0.2) is 4.99 Å². The number of rotatable bonds is 10. The number of piperazine rings is 1. The van der Waals surface area contributed by atoms with Crippen molar-refractivity contribution in [3.8, 4) is 0 Å². The molecule has 0 aromatic carbocycles. The fourth-order valence-corrected chi connectivity index (χ4v) is 3.42. The minimum Gasteiger partial charge on any atom is -0.388 e. The van der Waals surface area contributed by atoms with Gasteiger partial charge in [-0.15, -0.1) is 24.0 Å². The summed E-state index contributed by atoms with van der Waals surface area (Å²) in [4.78, 5) is 9.58. The first-order valence-corrected chi connectivity index (χ1v) is 10.1. The van der Waals surface area contributed by atoms with Gasteiger partial charge in [0.2, 0.25) is 0 Å². The summed E-state index contributed by atoms with van der Waals surface area (Å²) in [5, 5.41) is 17.5. The van der Waals surface area contributed by atoms with Crippen LogP contribution in [-0.4, -0.2) is 85.4 Å². The Kier molecular flexibility index (Phi) is 13.9. The smallest absolute Gasteiger partial charge is 0.191 e. The van der Waals surface area contributed by atoms with E-state index in [1.807, 2.05) is 0 Å². The van der Waals surface area contributed by atoms with Gasteiger partial charge in [-0.25, -0.2) is 0 Å². The summed E-state index contributed by atoms with van der Waals surface area (Å²) in [6.45, 7) is 15.3. The second kappa shape index (κ2) is 14.0. The highest BCUT2D eigenvalue weighted by Gasteiger charge is 2.25. The van der Waals surface area contributed by atoms with Crippen molar-refractivity contribution in [3.63, 3.8) is 0 Å². The molecule has 1 saturated heterocycles. The van der Waals surface area contributed by atoms with Crippen LogP contribution in [0, 0.1) is 0 Å². The Bertz CT molecular complexity index is 380. The van der Waals surface area contributed by atoms with Crippen LogP contribution in [0.5, 0.6) is 0 Å². The van der Waals surface area contributed by atoms with E-state index in [-0.39, 0.29) is 24.0 Å². The maximum atomic E-state index is 10.8. The predicted octanol–water partition coefficient (Wildman–Crippen LogP) is 2.13. The number of aliphatic hydroxyl groups is 1. The van der Waals surface area contributed by atoms with Crippen LogP contribution >= 0.6 is 24.0 Å². The van der Waals surface area contributed by atoms with Crippen molar-refractivity contribution >= 4 is 29.9 Å². The van der Waals surface area contributed by atoms with Gasteiger partial charge in [0.25, 0.3) is 0 Å². The largest absolute Gasteiger partial charge is 0.388 e. The van der Waals surface area contributed by atoms with Gasteiger partial charge in [-0.1, -0.05) is 26.7 Å². The molecule has 0 saturated carbocycles. The number of hydrogen-bond donors (Lipinski definition) is 3. The second-order valence-electron chi connectivity index (χ2n) is 7.49. The van der Waals surface area contributed by atoms with Gasteiger partial charge < -0.3 is 20.6 Å². The van der Waals surface area contributed by atoms with E-state index in [2.05, 4.69) is 60.2 Å². The van der Waals surface area contributed by atoms with Gasteiger partial charge >= 0.3 is 0 Å². The lowest BCUT2D eigenvalue weighted by molar-refractivity contribution is 0.0306. The van der Waals surface area contributed by atoms with Crippen LogP contribution in [0.3, 0.4) is 0 Å². The molecular formula is C19H42IN5O. The van der Waals surface area contributed by atoms with Crippen molar-refractivity contribution in [3.05, 3.63) is 0 Å². The van der Waals surface area contributed by atoms with E-state index in [1.54, 1.807) is 0 Å². The minimum absolute atomic E-state index is 0. The standard InChI is InChI=1S/C19H41N5O.HI/c1-6-9-19(25,10-7-2)16-22-18(20-8-3)21-15-17(4)24-13-11-23(5)12-14-24;/h17,25H,6-16H2,1-5H3,(H2,20,21,22);1H. The lowest BCUT2D eigenvalue weighted by Crippen LogP contribution is -2.52. The molecule has 6 nitrogen and oxygen atoms in total. The lowest BCUT2D eigenvalue weighted by atomic mass is 9.93. The Labute approximate surface area is 178 Å². The number of halogens is 1. The third-order valence-electron chi connectivity index (χ3n) is 5.03. The molecule has 3 N–H and O–H groups in total. The normalized spacial score (nSPS) is 18.3. The monoisotopic (exact) mass is 483 g/mol. The third kappa shape index (κ3) is 9.71. The van der Waals surface area contributed by atoms with Crippen LogP contribution in [-0.2, 0) is 0 Å². The summed E-state index contributed by atoms with van der Waals surface area (Å²) >= 11 is 0. The van der Waals surface area contributed by atoms with Crippen LogP contribution in [0.4, 0.5) is 0 Å². The van der Waals surface area contributed by atoms with E-state index in [9.17, 15) is 5.11 Å². The molecule has 1 aliphatic heterocycles. The van der Waals surface area contributed by atoms with Crippen molar-refractivity contribution in [1.82, 2.24) is 20.4 Å². The Morgan fingerprint density at radius 2 is 1.65 bits per heavy atom. The van der Waals surface area contributed by atoms with Crippen LogP contribution < -0.4 is 10.6 Å². The SMILES string of the molecule is CCCC(O)(CCC)CN=C(NCC)NCC(C)N1CCN(C)CC1.I. The number of nitrogens with one attached hydrogen (secondary N) is 2. The zero-order valence-corrected chi connectivity index (χ0v) is 19.9. The third-order valence-corrected chi connectivity index (χ3v) is 5.03. The molecule has 7 heteroatoms. The highest BCUT2D eigenvalue weighted by Crippen LogP contribution is 2.19. The first-order chi connectivity index (χ1) is 11.9. The van der Waals surface area contributed by atoms with Crippen molar-refractivity contribution in [2.75, 3.05) is 52.9 Å². The van der Waals surface area contributed by atoms with Crippen molar-refractivity contribution in [1.29, 1.82) is 0 Å². The minimum atomic E-state index is -0.672. The Hall–Kier alpha value is -0.120. The molecule has 1 aliphatic rings. The Morgan fingerprint density at radius 1 is 1.08 bits per heavy atom. The molecule has 26 heavy (non-hydrogen) atoms. The Balaban J connectivity index is 0.00000625. The van der Waals surface area contributed by atoms with Gasteiger partial charge in [-0.05, 0) is 33.7 Å². The summed E-state index contributed by atoms with van der Waals surface area (Å²) in [7, 11) is 2.18. The molecule has 1 unspecified atom stereocenters. The van der Waals surface area contributed by atoms with Gasteiger partial charge in [-0.2, -0.15) is 0 Å². The lowest BCUT2D eigenvalue weighted by Gasteiger charge is -2.36. The highest BCUT2D eigenvalue weighted by atomic mass is 127. The molecule has 1 rings (SSSR count). The van der Waals surface area contributed by atoms with Crippen LogP contribution in [0.2, 0.25) is 0 Å². The molecule has 1 fully saturated rings. The Morgan fingerprint density at radius 3 is 2.15 bits per heavy atom. The average Bonchev–Trinajstić information content (AvgIpc) is 2.58. The highest BCUT2D eigenvalue weighted by molar-refractivity contribution is 14.0. The number of hydrogen-bond acceptors (Lipinski definition) is 4. The number of aliphatic imine (C=N–C) groups is 1. The molecule has 0 bridgehead atoms. The van der Waals surface area contributed by atoms with E-state index in [0.717, 1.165) is 70.9 Å². The van der Waals surface area contributed by atoms with Gasteiger partial charge in [0.1, 0.15) is 0 Å². The van der Waals surface area contributed by atoms with Gasteiger partial charge in [-0.3, -0.25) is 9.89 Å². The number of likely N-dealkylation sites (N-methyl/N-ethyl adjacent to an activating group) is 1. The molecule has 1 heterocycles. The second-order valence-corrected chi connectivity index (χ2v) is 7.49. The maximum Gasteiger partial charge on any atom is 0.191 e. The zero-order valence-electron chi connectivity index (χ0n) is 17.6. The van der Waals surface area contributed by atoms with Crippen LogP contribution in [0.25, 0.3) is 0 Å². The summed E-state index contributed by atoms with van der Waals surface area (Å²) in [6, 6.07) is 0.475. The van der Waals surface area contributed by atoms with E-state index in [0.29, 0.717) is 12.6 Å².